The van der Waals surface area contributed by atoms with E-state index in [4.69, 9.17) is 25.8 Å². The minimum Gasteiger partial charge on any atom is -0.493 e. The molecule has 0 fully saturated rings. The van der Waals surface area contributed by atoms with Crippen LogP contribution in [0.3, 0.4) is 0 Å². The van der Waals surface area contributed by atoms with E-state index in [1.54, 1.807) is 18.2 Å². The van der Waals surface area contributed by atoms with Gasteiger partial charge in [0.05, 0.1) is 6.04 Å². The number of carbonyl (C=O) groups excluding carboxylic acids is 2. The Hall–Kier alpha value is -2.21. The molecule has 2 rings (SSSR count). The summed E-state index contributed by atoms with van der Waals surface area (Å²) < 4.78 is 14.8. The molecule has 1 aromatic carbocycles. The summed E-state index contributed by atoms with van der Waals surface area (Å²) in [7, 11) is 0. The van der Waals surface area contributed by atoms with Gasteiger partial charge in [-0.2, -0.15) is 0 Å². The van der Waals surface area contributed by atoms with Crippen molar-refractivity contribution in [1.82, 2.24) is 5.32 Å². The molecule has 6 nitrogen and oxygen atoms in total. The Balaban J connectivity index is 1.80. The molecule has 1 aliphatic rings. The maximum Gasteiger partial charge on any atom is 0.377 e. The van der Waals surface area contributed by atoms with E-state index in [2.05, 4.69) is 5.32 Å². The fourth-order valence-corrected chi connectivity index (χ4v) is 2.02. The van der Waals surface area contributed by atoms with E-state index in [9.17, 15) is 9.59 Å². The maximum absolute atomic E-state index is 11.8. The van der Waals surface area contributed by atoms with E-state index in [-0.39, 0.29) is 18.4 Å². The molecule has 1 N–H and O–H groups in total. The highest BCUT2D eigenvalue weighted by Gasteiger charge is 2.18. The van der Waals surface area contributed by atoms with Crippen molar-refractivity contribution in [2.45, 2.75) is 13.0 Å². The highest BCUT2D eigenvalue weighted by molar-refractivity contribution is 6.30. The first kappa shape index (κ1) is 16.2. The number of nitrogens with one attached hydrogen (secondary N) is 1. The fourth-order valence-electron chi connectivity index (χ4n) is 1.82. The molecule has 1 aliphatic heterocycles. The Kier molecular flexibility index (Phi) is 5.66. The van der Waals surface area contributed by atoms with Crippen LogP contribution in [0.4, 0.5) is 0 Å². The molecule has 0 saturated heterocycles. The molecular formula is C15H16ClNO5. The van der Waals surface area contributed by atoms with Crippen molar-refractivity contribution in [2.24, 2.45) is 0 Å². The molecule has 1 atom stereocenters. The van der Waals surface area contributed by atoms with Gasteiger partial charge in [0.25, 0.3) is 5.91 Å². The molecule has 0 saturated carbocycles. The van der Waals surface area contributed by atoms with Crippen molar-refractivity contribution in [3.8, 4) is 0 Å². The second-order valence-electron chi connectivity index (χ2n) is 4.62. The Labute approximate surface area is 133 Å². The van der Waals surface area contributed by atoms with Crippen molar-refractivity contribution in [2.75, 3.05) is 19.8 Å². The average Bonchev–Trinajstić information content (AvgIpc) is 2.53. The van der Waals surface area contributed by atoms with E-state index >= 15 is 0 Å². The maximum atomic E-state index is 11.8. The fraction of sp³-hybridized carbons (Fsp3) is 0.333. The summed E-state index contributed by atoms with van der Waals surface area (Å²) in [6.07, 6.45) is 1.18. The topological polar surface area (TPSA) is 73.9 Å². The van der Waals surface area contributed by atoms with Crippen LogP contribution in [-0.4, -0.2) is 31.7 Å². The van der Waals surface area contributed by atoms with Gasteiger partial charge >= 0.3 is 5.97 Å². The van der Waals surface area contributed by atoms with Crippen LogP contribution in [0.5, 0.6) is 0 Å². The van der Waals surface area contributed by atoms with Crippen molar-refractivity contribution >= 4 is 23.5 Å². The predicted molar refractivity (Wildman–Crippen MR) is 79.0 cm³/mol. The van der Waals surface area contributed by atoms with Gasteiger partial charge in [-0.15, -0.1) is 0 Å². The summed E-state index contributed by atoms with van der Waals surface area (Å²) in [5, 5.41) is 3.30. The molecule has 0 radical (unpaired) electrons. The van der Waals surface area contributed by atoms with Gasteiger partial charge in [-0.05, 0) is 24.6 Å². The summed E-state index contributed by atoms with van der Waals surface area (Å²) in [5.74, 6) is -1.19. The lowest BCUT2D eigenvalue weighted by Crippen LogP contribution is -2.31. The lowest BCUT2D eigenvalue weighted by molar-refractivity contribution is -0.149. The lowest BCUT2D eigenvalue weighted by Gasteiger charge is -2.16. The Morgan fingerprint density at radius 3 is 2.91 bits per heavy atom. The van der Waals surface area contributed by atoms with Crippen LogP contribution in [0.2, 0.25) is 5.02 Å². The van der Waals surface area contributed by atoms with E-state index in [1.165, 1.54) is 6.26 Å². The Morgan fingerprint density at radius 2 is 2.23 bits per heavy atom. The van der Waals surface area contributed by atoms with Gasteiger partial charge in [0, 0.05) is 5.02 Å². The molecule has 0 unspecified atom stereocenters. The zero-order valence-electron chi connectivity index (χ0n) is 12.0. The molecule has 22 heavy (non-hydrogen) atoms. The predicted octanol–water partition coefficient (Wildman–Crippen LogP) is 1.95. The quantitative estimate of drug-likeness (QED) is 0.838. The first-order valence-electron chi connectivity index (χ1n) is 6.73. The minimum atomic E-state index is -0.731. The standard InChI is InChI=1S/C15H16ClNO5/c1-10(11-3-2-4-12(16)7-11)17-14(18)9-22-15(19)13-8-20-5-6-21-13/h2-4,7-8,10H,5-6,9H2,1H3,(H,17,18)/t10-/m1/s1. The van der Waals surface area contributed by atoms with Crippen molar-refractivity contribution in [1.29, 1.82) is 0 Å². The summed E-state index contributed by atoms with van der Waals surface area (Å²) in [6, 6.07) is 6.91. The van der Waals surface area contributed by atoms with E-state index in [0.29, 0.717) is 11.6 Å². The number of halogens is 1. The number of hydrogen-bond donors (Lipinski definition) is 1. The summed E-state index contributed by atoms with van der Waals surface area (Å²) in [5.41, 5.74) is 0.860. The number of rotatable bonds is 5. The molecule has 0 spiro atoms. The second-order valence-corrected chi connectivity index (χ2v) is 5.06. The number of amides is 1. The zero-order chi connectivity index (χ0) is 15.9. The second kappa shape index (κ2) is 7.70. The summed E-state index contributed by atoms with van der Waals surface area (Å²) in [4.78, 5) is 23.4. The van der Waals surface area contributed by atoms with Gasteiger partial charge in [-0.1, -0.05) is 23.7 Å². The van der Waals surface area contributed by atoms with Gasteiger partial charge < -0.3 is 19.5 Å². The number of hydrogen-bond acceptors (Lipinski definition) is 5. The molecule has 0 bridgehead atoms. The van der Waals surface area contributed by atoms with Crippen LogP contribution in [0, 0.1) is 0 Å². The van der Waals surface area contributed by atoms with Crippen LogP contribution >= 0.6 is 11.6 Å². The molecule has 1 aromatic rings. The third kappa shape index (κ3) is 4.66. The Morgan fingerprint density at radius 1 is 1.41 bits per heavy atom. The molecule has 0 aliphatic carbocycles. The van der Waals surface area contributed by atoms with Gasteiger partial charge in [-0.25, -0.2) is 4.79 Å². The van der Waals surface area contributed by atoms with Gasteiger partial charge in [-0.3, -0.25) is 4.79 Å². The molecule has 7 heteroatoms. The normalized spacial score (nSPS) is 14.9. The molecular weight excluding hydrogens is 310 g/mol. The SMILES string of the molecule is C[C@@H](NC(=O)COC(=O)C1=COCCO1)c1cccc(Cl)c1. The van der Waals surface area contributed by atoms with E-state index < -0.39 is 18.5 Å². The highest BCUT2D eigenvalue weighted by Crippen LogP contribution is 2.17. The van der Waals surface area contributed by atoms with Crippen LogP contribution in [0.1, 0.15) is 18.5 Å². The van der Waals surface area contributed by atoms with Crippen molar-refractivity contribution in [3.63, 3.8) is 0 Å². The van der Waals surface area contributed by atoms with Gasteiger partial charge in [0.1, 0.15) is 19.5 Å². The third-order valence-electron chi connectivity index (χ3n) is 2.91. The number of carbonyl (C=O) groups is 2. The highest BCUT2D eigenvalue weighted by atomic mass is 35.5. The number of benzene rings is 1. The van der Waals surface area contributed by atoms with Crippen molar-refractivity contribution in [3.05, 3.63) is 46.9 Å². The molecule has 118 valence electrons. The smallest absolute Gasteiger partial charge is 0.377 e. The minimum absolute atomic E-state index is 0.0399. The summed E-state index contributed by atoms with van der Waals surface area (Å²) in [6.45, 7) is 2.07. The lowest BCUT2D eigenvalue weighted by atomic mass is 10.1. The first-order valence-corrected chi connectivity index (χ1v) is 7.10. The first-order chi connectivity index (χ1) is 10.6. The molecule has 0 aromatic heterocycles. The van der Waals surface area contributed by atoms with Gasteiger partial charge in [0.15, 0.2) is 6.61 Å². The van der Waals surface area contributed by atoms with Crippen LogP contribution in [0.15, 0.2) is 36.3 Å². The summed E-state index contributed by atoms with van der Waals surface area (Å²) >= 11 is 5.90. The zero-order valence-corrected chi connectivity index (χ0v) is 12.8. The van der Waals surface area contributed by atoms with Gasteiger partial charge in [0.2, 0.25) is 5.76 Å². The number of esters is 1. The average molecular weight is 326 g/mol. The number of ether oxygens (including phenoxy) is 3. The van der Waals surface area contributed by atoms with Crippen LogP contribution < -0.4 is 5.32 Å². The molecule has 1 heterocycles. The molecule has 1 amide bonds. The largest absolute Gasteiger partial charge is 0.493 e. The van der Waals surface area contributed by atoms with Crippen LogP contribution in [-0.2, 0) is 23.8 Å². The van der Waals surface area contributed by atoms with Crippen molar-refractivity contribution < 1.29 is 23.8 Å². The van der Waals surface area contributed by atoms with E-state index in [0.717, 1.165) is 5.56 Å². The third-order valence-corrected chi connectivity index (χ3v) is 3.15. The van der Waals surface area contributed by atoms with E-state index in [1.807, 2.05) is 13.0 Å². The Bertz CT molecular complexity index is 587. The van der Waals surface area contributed by atoms with Crippen LogP contribution in [0.25, 0.3) is 0 Å². The monoisotopic (exact) mass is 325 g/mol.